The van der Waals surface area contributed by atoms with Gasteiger partial charge in [0.25, 0.3) is 5.56 Å². The highest BCUT2D eigenvalue weighted by Gasteiger charge is 2.26. The normalized spacial score (nSPS) is 20.5. The zero-order valence-electron chi connectivity index (χ0n) is 16.0. The second-order valence-corrected chi connectivity index (χ2v) is 7.71. The zero-order chi connectivity index (χ0) is 20.0. The topological polar surface area (TPSA) is 47.8 Å². The Morgan fingerprint density at radius 2 is 2.14 bits per heavy atom. The Morgan fingerprint density at radius 3 is 3.00 bits per heavy atom. The average molecular weight is 385 g/mol. The predicted octanol–water partition coefficient (Wildman–Crippen LogP) is 4.51. The molecule has 0 bridgehead atoms. The van der Waals surface area contributed by atoms with Crippen LogP contribution < -0.4 is 5.56 Å². The largest absolute Gasteiger partial charge is 0.294 e. The minimum absolute atomic E-state index is 0.130. The molecule has 2 atom stereocenters. The number of aromatic nitrogens is 3. The zero-order valence-corrected chi connectivity index (χ0v) is 16.0. The summed E-state index contributed by atoms with van der Waals surface area (Å²) in [6.45, 7) is 2.30. The molecule has 2 aromatic heterocycles. The molecule has 29 heavy (non-hydrogen) atoms. The Labute approximate surface area is 167 Å². The number of benzene rings is 1. The molecule has 2 aliphatic carbocycles. The Morgan fingerprint density at radius 1 is 1.24 bits per heavy atom. The molecule has 0 amide bonds. The van der Waals surface area contributed by atoms with Gasteiger partial charge in [0.05, 0.1) is 11.9 Å². The van der Waals surface area contributed by atoms with Gasteiger partial charge < -0.3 is 0 Å². The van der Waals surface area contributed by atoms with E-state index in [9.17, 15) is 9.18 Å². The van der Waals surface area contributed by atoms with Gasteiger partial charge in [-0.05, 0) is 48.6 Å². The van der Waals surface area contributed by atoms with Gasteiger partial charge in [-0.1, -0.05) is 42.0 Å². The third kappa shape index (κ3) is 3.12. The summed E-state index contributed by atoms with van der Waals surface area (Å²) in [5, 5.41) is 0.430. The van der Waals surface area contributed by atoms with Crippen molar-refractivity contribution in [3.05, 3.63) is 100 Å². The van der Waals surface area contributed by atoms with Crippen LogP contribution in [0, 0.1) is 17.7 Å². The van der Waals surface area contributed by atoms with Crippen molar-refractivity contribution in [2.75, 3.05) is 0 Å². The lowest BCUT2D eigenvalue weighted by Gasteiger charge is -2.21. The van der Waals surface area contributed by atoms with E-state index in [1.807, 2.05) is 6.07 Å². The van der Waals surface area contributed by atoms with Crippen LogP contribution in [0.2, 0.25) is 0 Å². The average Bonchev–Trinajstić information content (AvgIpc) is 3.12. The summed E-state index contributed by atoms with van der Waals surface area (Å²) in [5.41, 5.74) is 3.95. The number of pyridine rings is 1. The van der Waals surface area contributed by atoms with Gasteiger partial charge in [-0.2, -0.15) is 0 Å². The second kappa shape index (κ2) is 6.92. The van der Waals surface area contributed by atoms with E-state index >= 15 is 0 Å². The lowest BCUT2D eigenvalue weighted by Crippen LogP contribution is -2.22. The van der Waals surface area contributed by atoms with Crippen LogP contribution in [0.3, 0.4) is 0 Å². The van der Waals surface area contributed by atoms with Crippen molar-refractivity contribution in [1.82, 2.24) is 14.5 Å². The van der Waals surface area contributed by atoms with Crippen molar-refractivity contribution < 1.29 is 4.39 Å². The molecular weight excluding hydrogens is 365 g/mol. The summed E-state index contributed by atoms with van der Waals surface area (Å²) in [7, 11) is 0. The molecule has 0 saturated carbocycles. The van der Waals surface area contributed by atoms with Crippen molar-refractivity contribution in [3.8, 4) is 0 Å². The molecule has 0 saturated heterocycles. The van der Waals surface area contributed by atoms with Crippen molar-refractivity contribution in [2.45, 2.75) is 19.9 Å². The maximum absolute atomic E-state index is 14.9. The van der Waals surface area contributed by atoms with E-state index < -0.39 is 0 Å². The molecule has 2 unspecified atom stereocenters. The number of fused-ring (bicyclic) bond motifs is 2. The van der Waals surface area contributed by atoms with Gasteiger partial charge in [-0.25, -0.2) is 14.4 Å². The van der Waals surface area contributed by atoms with E-state index in [0.717, 1.165) is 17.6 Å². The fourth-order valence-electron chi connectivity index (χ4n) is 4.24. The summed E-state index contributed by atoms with van der Waals surface area (Å²) in [4.78, 5) is 20.9. The number of nitrogens with zero attached hydrogens (tertiary/aromatic N) is 3. The van der Waals surface area contributed by atoms with Crippen molar-refractivity contribution in [2.24, 2.45) is 11.8 Å². The monoisotopic (exact) mass is 385 g/mol. The van der Waals surface area contributed by atoms with Crippen molar-refractivity contribution in [3.63, 3.8) is 0 Å². The molecule has 0 N–H and O–H groups in total. The molecule has 2 aliphatic rings. The molecule has 0 aliphatic heterocycles. The van der Waals surface area contributed by atoms with Crippen LogP contribution in [-0.4, -0.2) is 14.5 Å². The fraction of sp³-hybridized carbons (Fsp3) is 0.208. The third-order valence-corrected chi connectivity index (χ3v) is 5.90. The van der Waals surface area contributed by atoms with Gasteiger partial charge in [-0.3, -0.25) is 9.36 Å². The highest BCUT2D eigenvalue weighted by molar-refractivity contribution is 5.76. The minimum Gasteiger partial charge on any atom is -0.294 e. The molecule has 5 rings (SSSR count). The standard InChI is InChI=1S/C24H20FN3O/c1-15-4-5-18-11-16(8-9-20(15)18)17-6-7-19(22(25)12-17)13-28-14-27-23-21(24(28)29)3-2-10-26-23/h2-4,6-12,14,18,20H,5,13H2,1H3. The van der Waals surface area contributed by atoms with Crippen LogP contribution in [-0.2, 0) is 6.54 Å². The molecular formula is C24H20FN3O. The molecule has 4 nitrogen and oxygen atoms in total. The van der Waals surface area contributed by atoms with Gasteiger partial charge in [0, 0.05) is 17.7 Å². The molecule has 0 fully saturated rings. The van der Waals surface area contributed by atoms with E-state index in [4.69, 9.17) is 0 Å². The van der Waals surface area contributed by atoms with Crippen LogP contribution in [0.5, 0.6) is 0 Å². The lowest BCUT2D eigenvalue weighted by molar-refractivity contribution is 0.579. The van der Waals surface area contributed by atoms with Gasteiger partial charge in [0.2, 0.25) is 0 Å². The number of allylic oxidation sites excluding steroid dienone is 6. The third-order valence-electron chi connectivity index (χ3n) is 5.90. The number of halogens is 1. The van der Waals surface area contributed by atoms with Gasteiger partial charge >= 0.3 is 0 Å². The molecule has 0 spiro atoms. The molecule has 3 aromatic rings. The van der Waals surface area contributed by atoms with E-state index in [0.29, 0.717) is 28.4 Å². The van der Waals surface area contributed by atoms with Gasteiger partial charge in [0.1, 0.15) is 12.1 Å². The first-order chi connectivity index (χ1) is 14.1. The summed E-state index contributed by atoms with van der Waals surface area (Å²) in [6, 6.07) is 8.61. The van der Waals surface area contributed by atoms with Crippen molar-refractivity contribution in [1.29, 1.82) is 0 Å². The number of hydrogen-bond acceptors (Lipinski definition) is 3. The fourth-order valence-corrected chi connectivity index (χ4v) is 4.24. The van der Waals surface area contributed by atoms with Crippen LogP contribution in [0.15, 0.2) is 77.5 Å². The summed E-state index contributed by atoms with van der Waals surface area (Å²) < 4.78 is 16.3. The maximum atomic E-state index is 14.9. The summed E-state index contributed by atoms with van der Waals surface area (Å²) in [5.74, 6) is 0.621. The molecule has 0 radical (unpaired) electrons. The Kier molecular flexibility index (Phi) is 4.23. The van der Waals surface area contributed by atoms with Crippen LogP contribution in [0.4, 0.5) is 4.39 Å². The highest BCUT2D eigenvalue weighted by atomic mass is 19.1. The van der Waals surface area contributed by atoms with Gasteiger partial charge in [0.15, 0.2) is 5.65 Å². The Balaban J connectivity index is 1.43. The smallest absolute Gasteiger partial charge is 0.263 e. The molecule has 2 heterocycles. The maximum Gasteiger partial charge on any atom is 0.263 e. The second-order valence-electron chi connectivity index (χ2n) is 7.71. The SMILES string of the molecule is CC1=CCC2C=C(c3ccc(Cn4cnc5ncccc5c4=O)c(F)c3)C=CC12. The minimum atomic E-state index is -0.321. The highest BCUT2D eigenvalue weighted by Crippen LogP contribution is 2.39. The molecule has 144 valence electrons. The lowest BCUT2D eigenvalue weighted by atomic mass is 9.83. The molecule has 1 aromatic carbocycles. The Hall–Kier alpha value is -3.34. The summed E-state index contributed by atoms with van der Waals surface area (Å²) in [6.07, 6.45) is 12.9. The Bertz CT molecular complexity index is 1270. The predicted molar refractivity (Wildman–Crippen MR) is 112 cm³/mol. The van der Waals surface area contributed by atoms with Crippen LogP contribution in [0.1, 0.15) is 24.5 Å². The van der Waals surface area contributed by atoms with Crippen LogP contribution >= 0.6 is 0 Å². The number of hydrogen-bond donors (Lipinski definition) is 0. The van der Waals surface area contributed by atoms with E-state index in [-0.39, 0.29) is 17.9 Å². The summed E-state index contributed by atoms with van der Waals surface area (Å²) >= 11 is 0. The first-order valence-corrected chi connectivity index (χ1v) is 9.76. The quantitative estimate of drug-likeness (QED) is 0.623. The molecule has 5 heteroatoms. The van der Waals surface area contributed by atoms with E-state index in [2.05, 4.69) is 41.2 Å². The van der Waals surface area contributed by atoms with E-state index in [1.54, 1.807) is 30.5 Å². The number of rotatable bonds is 3. The van der Waals surface area contributed by atoms with Crippen molar-refractivity contribution >= 4 is 16.6 Å². The first kappa shape index (κ1) is 17.7. The van der Waals surface area contributed by atoms with E-state index in [1.165, 1.54) is 16.5 Å². The first-order valence-electron chi connectivity index (χ1n) is 9.76. The van der Waals surface area contributed by atoms with Gasteiger partial charge in [-0.15, -0.1) is 0 Å². The van der Waals surface area contributed by atoms with Crippen LogP contribution in [0.25, 0.3) is 16.6 Å².